The number of hydrogen-bond acceptors (Lipinski definition) is 4. The smallest absolute Gasteiger partial charge is 0.335 e. The number of hydrogen-bond donors (Lipinski definition) is 1. The van der Waals surface area contributed by atoms with E-state index >= 15 is 0 Å². The molecule has 0 saturated heterocycles. The van der Waals surface area contributed by atoms with E-state index in [2.05, 4.69) is 21.0 Å². The number of hydrazone groups is 1. The maximum atomic E-state index is 13.0. The molecule has 0 unspecified atom stereocenters. The fraction of sp³-hybridized carbons (Fsp3) is 0.190. The van der Waals surface area contributed by atoms with Crippen LogP contribution in [0.1, 0.15) is 36.2 Å². The highest BCUT2D eigenvalue weighted by atomic mass is 79.9. The summed E-state index contributed by atoms with van der Waals surface area (Å²) in [4.78, 5) is 24.2. The lowest BCUT2D eigenvalue weighted by Gasteiger charge is -2.12. The van der Waals surface area contributed by atoms with Crippen LogP contribution in [-0.4, -0.2) is 29.3 Å². The average molecular weight is 443 g/mol. The molecular formula is C21H19BrN2O4. The Hall–Kier alpha value is -2.93. The predicted octanol–water partition coefficient (Wildman–Crippen LogP) is 4.74. The minimum absolute atomic E-state index is 0.0952. The van der Waals surface area contributed by atoms with Gasteiger partial charge in [-0.2, -0.15) is 10.1 Å². The lowest BCUT2D eigenvalue weighted by atomic mass is 10.1. The highest BCUT2D eigenvalue weighted by Gasteiger charge is 2.29. The number of rotatable bonds is 6. The molecule has 0 radical (unpaired) electrons. The van der Waals surface area contributed by atoms with Gasteiger partial charge in [0.05, 0.1) is 29.1 Å². The first-order valence-electron chi connectivity index (χ1n) is 8.78. The van der Waals surface area contributed by atoms with Crippen molar-refractivity contribution in [2.45, 2.75) is 20.3 Å². The van der Waals surface area contributed by atoms with Gasteiger partial charge < -0.3 is 9.84 Å². The van der Waals surface area contributed by atoms with E-state index in [9.17, 15) is 14.7 Å². The van der Waals surface area contributed by atoms with Gasteiger partial charge in [-0.05, 0) is 55.8 Å². The van der Waals surface area contributed by atoms with E-state index in [1.54, 1.807) is 25.1 Å². The van der Waals surface area contributed by atoms with Crippen molar-refractivity contribution in [1.29, 1.82) is 0 Å². The van der Waals surface area contributed by atoms with Crippen molar-refractivity contribution < 1.29 is 19.4 Å². The first kappa shape index (κ1) is 19.8. The molecule has 2 aromatic rings. The molecule has 144 valence electrons. The molecule has 28 heavy (non-hydrogen) atoms. The average Bonchev–Trinajstić information content (AvgIpc) is 2.96. The van der Waals surface area contributed by atoms with Gasteiger partial charge in [0.15, 0.2) is 0 Å². The van der Waals surface area contributed by atoms with Crippen molar-refractivity contribution in [2.75, 3.05) is 11.6 Å². The van der Waals surface area contributed by atoms with Crippen LogP contribution in [-0.2, 0) is 4.79 Å². The van der Waals surface area contributed by atoms with E-state index in [1.807, 2.05) is 25.1 Å². The zero-order valence-electron chi connectivity index (χ0n) is 15.5. The topological polar surface area (TPSA) is 79.2 Å². The molecule has 7 heteroatoms. The molecule has 6 nitrogen and oxygen atoms in total. The Kier molecular flexibility index (Phi) is 5.94. The fourth-order valence-electron chi connectivity index (χ4n) is 2.76. The Morgan fingerprint density at radius 3 is 2.79 bits per heavy atom. The summed E-state index contributed by atoms with van der Waals surface area (Å²) < 4.78 is 6.65. The third-order valence-electron chi connectivity index (χ3n) is 4.13. The summed E-state index contributed by atoms with van der Waals surface area (Å²) in [7, 11) is 0. The van der Waals surface area contributed by atoms with Gasteiger partial charge in [-0.15, -0.1) is 0 Å². The highest BCUT2D eigenvalue weighted by Crippen LogP contribution is 2.30. The number of benzene rings is 2. The Balaban J connectivity index is 1.96. The number of amides is 1. The van der Waals surface area contributed by atoms with Gasteiger partial charge in [-0.1, -0.05) is 28.9 Å². The van der Waals surface area contributed by atoms with Gasteiger partial charge >= 0.3 is 5.97 Å². The SMILES string of the molecule is CCCOc1ccc(Br)cc1/C=C1/C(=O)N(c2cccc(C(=O)O)c2)N=C1C. The molecule has 0 saturated carbocycles. The first-order valence-corrected chi connectivity index (χ1v) is 9.57. The van der Waals surface area contributed by atoms with Crippen molar-refractivity contribution in [2.24, 2.45) is 5.10 Å². The Bertz CT molecular complexity index is 998. The number of aromatic carboxylic acids is 1. The molecule has 0 fully saturated rings. The number of ether oxygens (including phenoxy) is 1. The number of halogens is 1. The van der Waals surface area contributed by atoms with Gasteiger partial charge in [-0.25, -0.2) is 4.79 Å². The molecule has 0 bridgehead atoms. The Morgan fingerprint density at radius 1 is 1.29 bits per heavy atom. The second kappa shape index (κ2) is 8.39. The van der Waals surface area contributed by atoms with Crippen molar-refractivity contribution >= 4 is 45.3 Å². The van der Waals surface area contributed by atoms with Crippen molar-refractivity contribution in [3.63, 3.8) is 0 Å². The lowest BCUT2D eigenvalue weighted by molar-refractivity contribution is -0.114. The molecule has 1 heterocycles. The van der Waals surface area contributed by atoms with E-state index in [1.165, 1.54) is 17.1 Å². The van der Waals surface area contributed by atoms with E-state index in [0.29, 0.717) is 29.3 Å². The van der Waals surface area contributed by atoms with E-state index < -0.39 is 5.97 Å². The van der Waals surface area contributed by atoms with Crippen LogP contribution < -0.4 is 9.75 Å². The second-order valence-corrected chi connectivity index (χ2v) is 7.16. The quantitative estimate of drug-likeness (QED) is 0.654. The largest absolute Gasteiger partial charge is 0.493 e. The number of carboxylic acid groups (broad SMARTS) is 1. The molecule has 1 aliphatic heterocycles. The van der Waals surface area contributed by atoms with Crippen molar-refractivity contribution in [1.82, 2.24) is 0 Å². The van der Waals surface area contributed by atoms with Crippen LogP contribution in [0.3, 0.4) is 0 Å². The van der Waals surface area contributed by atoms with Gasteiger partial charge in [-0.3, -0.25) is 4.79 Å². The first-order chi connectivity index (χ1) is 13.4. The molecule has 1 amide bonds. The number of carbonyl (C=O) groups excluding carboxylic acids is 1. The number of nitrogens with zero attached hydrogens (tertiary/aromatic N) is 2. The molecule has 0 aliphatic carbocycles. The van der Waals surface area contributed by atoms with Gasteiger partial charge in [0.1, 0.15) is 5.75 Å². The summed E-state index contributed by atoms with van der Waals surface area (Å²) in [6, 6.07) is 11.8. The number of anilines is 1. The molecule has 1 N–H and O–H groups in total. The van der Waals surface area contributed by atoms with Crippen LogP contribution in [0.25, 0.3) is 6.08 Å². The summed E-state index contributed by atoms with van der Waals surface area (Å²) in [5.74, 6) is -0.692. The molecule has 0 aromatic heterocycles. The maximum absolute atomic E-state index is 13.0. The van der Waals surface area contributed by atoms with E-state index in [-0.39, 0.29) is 11.5 Å². The van der Waals surface area contributed by atoms with Crippen LogP contribution in [0.15, 0.2) is 57.6 Å². The lowest BCUT2D eigenvalue weighted by Crippen LogP contribution is -2.21. The highest BCUT2D eigenvalue weighted by molar-refractivity contribution is 9.10. The molecule has 0 spiro atoms. The van der Waals surface area contributed by atoms with Gasteiger partial charge in [0.2, 0.25) is 0 Å². The molecule has 3 rings (SSSR count). The minimum Gasteiger partial charge on any atom is -0.493 e. The monoisotopic (exact) mass is 442 g/mol. The van der Waals surface area contributed by atoms with Gasteiger partial charge in [0.25, 0.3) is 5.91 Å². The predicted molar refractivity (Wildman–Crippen MR) is 112 cm³/mol. The van der Waals surface area contributed by atoms with Crippen molar-refractivity contribution in [3.05, 3.63) is 63.6 Å². The molecule has 0 atom stereocenters. The van der Waals surface area contributed by atoms with E-state index in [0.717, 1.165) is 16.5 Å². The fourth-order valence-corrected chi connectivity index (χ4v) is 3.14. The van der Waals surface area contributed by atoms with E-state index in [4.69, 9.17) is 4.74 Å². The van der Waals surface area contributed by atoms with Crippen LogP contribution in [0.5, 0.6) is 5.75 Å². The second-order valence-electron chi connectivity index (χ2n) is 6.25. The summed E-state index contributed by atoms with van der Waals surface area (Å²) >= 11 is 3.45. The molecule has 2 aromatic carbocycles. The third-order valence-corrected chi connectivity index (χ3v) is 4.63. The van der Waals surface area contributed by atoms with Gasteiger partial charge in [0, 0.05) is 10.0 Å². The standard InChI is InChI=1S/C21H19BrN2O4/c1-3-9-28-19-8-7-16(22)10-15(19)12-18-13(2)23-24(20(18)25)17-6-4-5-14(11-17)21(26)27/h4-8,10-12H,3,9H2,1-2H3,(H,26,27)/b18-12+. The third kappa shape index (κ3) is 4.14. The number of carboxylic acids is 1. The van der Waals surface area contributed by atoms with Crippen LogP contribution >= 0.6 is 15.9 Å². The zero-order valence-corrected chi connectivity index (χ0v) is 17.1. The van der Waals surface area contributed by atoms with Crippen LogP contribution in [0.2, 0.25) is 0 Å². The van der Waals surface area contributed by atoms with Crippen molar-refractivity contribution in [3.8, 4) is 5.75 Å². The summed E-state index contributed by atoms with van der Waals surface area (Å²) in [6.45, 7) is 4.35. The zero-order chi connectivity index (χ0) is 20.3. The summed E-state index contributed by atoms with van der Waals surface area (Å²) in [5, 5.41) is 14.7. The summed E-state index contributed by atoms with van der Waals surface area (Å²) in [6.07, 6.45) is 2.62. The van der Waals surface area contributed by atoms with Crippen LogP contribution in [0, 0.1) is 0 Å². The Morgan fingerprint density at radius 2 is 2.07 bits per heavy atom. The van der Waals surface area contributed by atoms with Crippen LogP contribution in [0.4, 0.5) is 5.69 Å². The maximum Gasteiger partial charge on any atom is 0.335 e. The summed E-state index contributed by atoms with van der Waals surface area (Å²) in [5.41, 5.74) is 2.25. The Labute approximate surface area is 171 Å². The number of carbonyl (C=O) groups is 2. The normalized spacial score (nSPS) is 15.1. The minimum atomic E-state index is -1.06. The molecular weight excluding hydrogens is 424 g/mol. The molecule has 1 aliphatic rings.